The Labute approximate surface area is 163 Å². The van der Waals surface area contributed by atoms with Crippen molar-refractivity contribution in [2.45, 2.75) is 39.8 Å². The van der Waals surface area contributed by atoms with Gasteiger partial charge in [0.25, 0.3) is 0 Å². The van der Waals surface area contributed by atoms with E-state index >= 15 is 0 Å². The van der Waals surface area contributed by atoms with E-state index in [2.05, 4.69) is 29.6 Å². The lowest BCUT2D eigenvalue weighted by Gasteiger charge is -2.14. The number of urea groups is 1. The van der Waals surface area contributed by atoms with Crippen LogP contribution in [0.3, 0.4) is 0 Å². The van der Waals surface area contributed by atoms with Crippen LogP contribution in [0.25, 0.3) is 21.9 Å². The average Bonchev–Trinajstić information content (AvgIpc) is 3.23. The molecule has 28 heavy (non-hydrogen) atoms. The minimum absolute atomic E-state index is 0.248. The van der Waals surface area contributed by atoms with Crippen LogP contribution in [0, 0.1) is 6.92 Å². The first-order chi connectivity index (χ1) is 13.4. The van der Waals surface area contributed by atoms with Crippen LogP contribution in [0.4, 0.5) is 10.5 Å². The van der Waals surface area contributed by atoms with E-state index in [1.807, 2.05) is 67.2 Å². The van der Waals surface area contributed by atoms with E-state index in [-0.39, 0.29) is 18.1 Å². The number of fused-ring (bicyclic) bond motifs is 2. The molecule has 1 atom stereocenters. The van der Waals surface area contributed by atoms with Crippen molar-refractivity contribution in [3.8, 4) is 0 Å². The molecule has 0 saturated carbocycles. The number of benzene rings is 2. The number of para-hydroxylation sites is 1. The Bertz CT molecular complexity index is 1160. The van der Waals surface area contributed by atoms with Gasteiger partial charge in [0, 0.05) is 28.1 Å². The molecule has 0 spiro atoms. The summed E-state index contributed by atoms with van der Waals surface area (Å²) in [6, 6.07) is 13.4. The lowest BCUT2D eigenvalue weighted by Crippen LogP contribution is -2.31. The second-order valence-electron chi connectivity index (χ2n) is 7.36. The number of aromatic nitrogens is 2. The topological polar surface area (TPSA) is 72.1 Å². The monoisotopic (exact) mass is 376 g/mol. The number of nitrogens with one attached hydrogen (secondary N) is 2. The first-order valence-electron chi connectivity index (χ1n) is 9.47. The summed E-state index contributed by atoms with van der Waals surface area (Å²) in [5.41, 5.74) is 3.59. The van der Waals surface area contributed by atoms with Gasteiger partial charge in [-0.15, -0.1) is 0 Å². The Morgan fingerprint density at radius 3 is 2.68 bits per heavy atom. The third kappa shape index (κ3) is 3.22. The summed E-state index contributed by atoms with van der Waals surface area (Å²) >= 11 is 0. The molecule has 4 aromatic rings. The van der Waals surface area contributed by atoms with Crippen LogP contribution in [-0.2, 0) is 0 Å². The molecule has 0 radical (unpaired) electrons. The van der Waals surface area contributed by atoms with Crippen molar-refractivity contribution in [1.29, 1.82) is 0 Å². The van der Waals surface area contributed by atoms with Gasteiger partial charge >= 0.3 is 6.03 Å². The number of amides is 2. The number of hydrogen-bond donors (Lipinski definition) is 2. The smallest absolute Gasteiger partial charge is 0.319 e. The SMILES string of the molecule is Cc1c([C@H](C)NC(=O)Nc2ccc3cnn(C(C)C)c3c2)oc2ccccc12. The fraction of sp³-hybridized carbons (Fsp3) is 0.273. The van der Waals surface area contributed by atoms with Crippen LogP contribution in [0.5, 0.6) is 0 Å². The zero-order valence-electron chi connectivity index (χ0n) is 16.5. The first kappa shape index (κ1) is 18.1. The summed E-state index contributed by atoms with van der Waals surface area (Å²) < 4.78 is 7.89. The number of rotatable bonds is 4. The Morgan fingerprint density at radius 1 is 1.14 bits per heavy atom. The molecule has 0 unspecified atom stereocenters. The van der Waals surface area contributed by atoms with Gasteiger partial charge in [0.15, 0.2) is 0 Å². The third-order valence-corrected chi connectivity index (χ3v) is 4.97. The molecule has 2 N–H and O–H groups in total. The van der Waals surface area contributed by atoms with Crippen LogP contribution in [0.2, 0.25) is 0 Å². The standard InChI is InChI=1S/C22H24N4O2/c1-13(2)26-19-11-17(10-9-16(19)12-23-26)25-22(27)24-15(4)21-14(3)18-7-5-6-8-20(18)28-21/h5-13,15H,1-4H3,(H2,24,25,27)/t15-/m0/s1. The highest BCUT2D eigenvalue weighted by Gasteiger charge is 2.18. The molecule has 0 aliphatic carbocycles. The number of furan rings is 1. The predicted molar refractivity (Wildman–Crippen MR) is 112 cm³/mol. The highest BCUT2D eigenvalue weighted by molar-refractivity contribution is 5.93. The van der Waals surface area contributed by atoms with Crippen molar-refractivity contribution >= 4 is 33.6 Å². The minimum Gasteiger partial charge on any atom is -0.459 e. The van der Waals surface area contributed by atoms with Gasteiger partial charge in [-0.3, -0.25) is 4.68 Å². The molecule has 0 bridgehead atoms. The molecule has 0 fully saturated rings. The average molecular weight is 376 g/mol. The largest absolute Gasteiger partial charge is 0.459 e. The van der Waals surface area contributed by atoms with Crippen LogP contribution >= 0.6 is 0 Å². The van der Waals surface area contributed by atoms with Crippen LogP contribution in [0.1, 0.15) is 44.2 Å². The van der Waals surface area contributed by atoms with E-state index < -0.39 is 0 Å². The number of aryl methyl sites for hydroxylation is 1. The summed E-state index contributed by atoms with van der Waals surface area (Å²) in [5.74, 6) is 0.768. The Hall–Kier alpha value is -3.28. The predicted octanol–water partition coefficient (Wildman–Crippen LogP) is 5.55. The van der Waals surface area contributed by atoms with E-state index in [1.54, 1.807) is 0 Å². The maximum Gasteiger partial charge on any atom is 0.319 e. The molecular formula is C22H24N4O2. The van der Waals surface area contributed by atoms with Crippen molar-refractivity contribution < 1.29 is 9.21 Å². The van der Waals surface area contributed by atoms with E-state index in [1.165, 1.54) is 0 Å². The van der Waals surface area contributed by atoms with Crippen LogP contribution in [-0.4, -0.2) is 15.8 Å². The minimum atomic E-state index is -0.276. The van der Waals surface area contributed by atoms with Crippen molar-refractivity contribution in [2.75, 3.05) is 5.32 Å². The molecule has 6 nitrogen and oxygen atoms in total. The van der Waals surface area contributed by atoms with Gasteiger partial charge in [-0.25, -0.2) is 4.79 Å². The molecule has 0 aliphatic rings. The van der Waals surface area contributed by atoms with Crippen molar-refractivity contribution in [3.63, 3.8) is 0 Å². The number of carbonyl (C=O) groups is 1. The maximum absolute atomic E-state index is 12.5. The quantitative estimate of drug-likeness (QED) is 0.490. The zero-order valence-corrected chi connectivity index (χ0v) is 16.5. The molecule has 2 aromatic carbocycles. The van der Waals surface area contributed by atoms with E-state index in [0.717, 1.165) is 38.9 Å². The Kier molecular flexibility index (Phi) is 4.55. The molecule has 6 heteroatoms. The summed E-state index contributed by atoms with van der Waals surface area (Å²) in [6.45, 7) is 8.09. The number of hydrogen-bond acceptors (Lipinski definition) is 3. The van der Waals surface area contributed by atoms with Crippen LogP contribution < -0.4 is 10.6 Å². The van der Waals surface area contributed by atoms with Crippen molar-refractivity contribution in [3.05, 3.63) is 60.0 Å². The molecule has 2 amide bonds. The van der Waals surface area contributed by atoms with Gasteiger partial charge in [0.2, 0.25) is 0 Å². The lowest BCUT2D eigenvalue weighted by molar-refractivity contribution is 0.248. The highest BCUT2D eigenvalue weighted by atomic mass is 16.3. The molecule has 4 rings (SSSR count). The maximum atomic E-state index is 12.5. The van der Waals surface area contributed by atoms with Crippen molar-refractivity contribution in [2.24, 2.45) is 0 Å². The number of carbonyl (C=O) groups excluding carboxylic acids is 1. The summed E-state index contributed by atoms with van der Waals surface area (Å²) in [7, 11) is 0. The zero-order chi connectivity index (χ0) is 19.8. The van der Waals surface area contributed by atoms with E-state index in [4.69, 9.17) is 4.42 Å². The fourth-order valence-corrected chi connectivity index (χ4v) is 3.56. The highest BCUT2D eigenvalue weighted by Crippen LogP contribution is 2.29. The molecular weight excluding hydrogens is 352 g/mol. The van der Waals surface area contributed by atoms with Crippen molar-refractivity contribution in [1.82, 2.24) is 15.1 Å². The fourth-order valence-electron chi connectivity index (χ4n) is 3.56. The summed E-state index contributed by atoms with van der Waals surface area (Å²) in [5, 5.41) is 12.4. The number of anilines is 1. The van der Waals surface area contributed by atoms with Gasteiger partial charge in [0.05, 0.1) is 17.8 Å². The summed E-state index contributed by atoms with van der Waals surface area (Å²) in [6.07, 6.45) is 1.84. The lowest BCUT2D eigenvalue weighted by atomic mass is 10.1. The van der Waals surface area contributed by atoms with Gasteiger partial charge in [0.1, 0.15) is 11.3 Å². The van der Waals surface area contributed by atoms with Gasteiger partial charge < -0.3 is 15.1 Å². The molecule has 2 aromatic heterocycles. The Balaban J connectivity index is 1.51. The second kappa shape index (κ2) is 7.03. The first-order valence-corrected chi connectivity index (χ1v) is 9.47. The summed E-state index contributed by atoms with van der Waals surface area (Å²) in [4.78, 5) is 12.5. The Morgan fingerprint density at radius 2 is 1.93 bits per heavy atom. The molecule has 2 heterocycles. The molecule has 0 saturated heterocycles. The van der Waals surface area contributed by atoms with Gasteiger partial charge in [-0.2, -0.15) is 5.10 Å². The number of nitrogens with zero attached hydrogens (tertiary/aromatic N) is 2. The molecule has 144 valence electrons. The van der Waals surface area contributed by atoms with E-state index in [0.29, 0.717) is 0 Å². The normalized spacial score (nSPS) is 12.6. The molecule has 0 aliphatic heterocycles. The van der Waals surface area contributed by atoms with E-state index in [9.17, 15) is 4.79 Å². The van der Waals surface area contributed by atoms with Crippen LogP contribution in [0.15, 0.2) is 53.1 Å². The van der Waals surface area contributed by atoms with Gasteiger partial charge in [-0.05, 0) is 52.0 Å². The second-order valence-corrected chi connectivity index (χ2v) is 7.36. The third-order valence-electron chi connectivity index (χ3n) is 4.97. The van der Waals surface area contributed by atoms with Gasteiger partial charge in [-0.1, -0.05) is 18.2 Å².